The Balaban J connectivity index is 1.76. The molecule has 0 spiro atoms. The number of aromatic nitrogens is 4. The molecule has 0 saturated carbocycles. The third-order valence-corrected chi connectivity index (χ3v) is 4.15. The molecule has 0 radical (unpaired) electrons. The second-order valence-electron chi connectivity index (χ2n) is 5.68. The summed E-state index contributed by atoms with van der Waals surface area (Å²) in [6.07, 6.45) is 2.02. The van der Waals surface area contributed by atoms with Crippen LogP contribution in [0.3, 0.4) is 0 Å². The van der Waals surface area contributed by atoms with E-state index in [9.17, 15) is 14.0 Å². The Labute approximate surface area is 142 Å². The minimum atomic E-state index is -0.624. The van der Waals surface area contributed by atoms with Crippen LogP contribution < -0.4 is 10.5 Å². The molecule has 0 aromatic carbocycles. The van der Waals surface area contributed by atoms with Crippen LogP contribution in [0.15, 0.2) is 12.3 Å². The van der Waals surface area contributed by atoms with Crippen molar-refractivity contribution in [3.63, 3.8) is 0 Å². The zero-order valence-corrected chi connectivity index (χ0v) is 13.5. The first-order chi connectivity index (χ1) is 12.0. The Morgan fingerprint density at radius 2 is 2.12 bits per heavy atom. The van der Waals surface area contributed by atoms with Crippen molar-refractivity contribution < 1.29 is 18.7 Å². The number of amides is 2. The highest BCUT2D eigenvalue weighted by Gasteiger charge is 2.28. The second kappa shape index (κ2) is 6.83. The number of H-pyrrole nitrogens is 1. The third kappa shape index (κ3) is 3.42. The number of carbonyl (C=O) groups excluding carboxylic acids is 2. The minimum Gasteiger partial charge on any atom is -0.481 e. The van der Waals surface area contributed by atoms with E-state index < -0.39 is 5.82 Å². The number of nitrogens with one attached hydrogen (secondary N) is 1. The van der Waals surface area contributed by atoms with Gasteiger partial charge in [-0.15, -0.1) is 0 Å². The molecule has 25 heavy (non-hydrogen) atoms. The predicted molar refractivity (Wildman–Crippen MR) is 83.9 cm³/mol. The number of carbonyl (C=O) groups is 2. The summed E-state index contributed by atoms with van der Waals surface area (Å²) < 4.78 is 18.9. The molecule has 1 aliphatic heterocycles. The molecule has 1 aliphatic rings. The number of pyridine rings is 1. The minimum absolute atomic E-state index is 0.00250. The summed E-state index contributed by atoms with van der Waals surface area (Å²) in [5.41, 5.74) is 5.36. The molecule has 0 atom stereocenters. The topological polar surface area (TPSA) is 127 Å². The highest BCUT2D eigenvalue weighted by atomic mass is 19.1. The van der Waals surface area contributed by atoms with Gasteiger partial charge in [0.25, 0.3) is 5.91 Å². The highest BCUT2D eigenvalue weighted by Crippen LogP contribution is 2.23. The molecule has 2 aromatic heterocycles. The number of ether oxygens (including phenoxy) is 1. The van der Waals surface area contributed by atoms with Crippen LogP contribution in [0.1, 0.15) is 23.5 Å². The normalized spacial score (nSPS) is 15.2. The number of rotatable bonds is 4. The molecule has 0 bridgehead atoms. The van der Waals surface area contributed by atoms with Crippen molar-refractivity contribution in [1.82, 2.24) is 25.1 Å². The van der Waals surface area contributed by atoms with Crippen molar-refractivity contribution in [2.24, 2.45) is 11.7 Å². The van der Waals surface area contributed by atoms with Crippen LogP contribution in [0.25, 0.3) is 11.4 Å². The summed E-state index contributed by atoms with van der Waals surface area (Å²) in [7, 11) is 1.41. The number of methoxy groups -OCH3 is 1. The number of halogens is 1. The van der Waals surface area contributed by atoms with Crippen LogP contribution in [0.5, 0.6) is 5.88 Å². The number of primary amides is 1. The summed E-state index contributed by atoms with van der Waals surface area (Å²) in [6.45, 7) is 0.805. The maximum absolute atomic E-state index is 13.9. The predicted octanol–water partition coefficient (Wildman–Crippen LogP) is 0.352. The highest BCUT2D eigenvalue weighted by molar-refractivity contribution is 5.91. The molecule has 3 heterocycles. The molecule has 132 valence electrons. The lowest BCUT2D eigenvalue weighted by atomic mass is 9.96. The molecule has 2 amide bonds. The molecule has 2 aromatic rings. The van der Waals surface area contributed by atoms with Crippen molar-refractivity contribution in [2.45, 2.75) is 12.8 Å². The molecule has 0 aliphatic carbocycles. The molecule has 10 heteroatoms. The Bertz CT molecular complexity index is 800. The first-order valence-electron chi connectivity index (χ1n) is 7.70. The number of nitrogens with two attached hydrogens (primary N) is 1. The lowest BCUT2D eigenvalue weighted by molar-refractivity contribution is -0.123. The number of hydrogen-bond acceptors (Lipinski definition) is 6. The molecule has 1 saturated heterocycles. The fourth-order valence-electron chi connectivity index (χ4n) is 2.70. The van der Waals surface area contributed by atoms with E-state index in [2.05, 4.69) is 20.2 Å². The molecule has 0 unspecified atom stereocenters. The fraction of sp³-hybridized carbons (Fsp3) is 0.400. The Morgan fingerprint density at radius 1 is 1.40 bits per heavy atom. The van der Waals surface area contributed by atoms with Crippen molar-refractivity contribution in [1.29, 1.82) is 0 Å². The van der Waals surface area contributed by atoms with Crippen LogP contribution in [-0.4, -0.2) is 57.1 Å². The zero-order chi connectivity index (χ0) is 18.0. The van der Waals surface area contributed by atoms with Gasteiger partial charge >= 0.3 is 0 Å². The van der Waals surface area contributed by atoms with Gasteiger partial charge in [-0.1, -0.05) is 0 Å². The number of piperidine rings is 1. The second-order valence-corrected chi connectivity index (χ2v) is 5.68. The molecule has 3 rings (SSSR count). The van der Waals surface area contributed by atoms with Gasteiger partial charge in [-0.3, -0.25) is 14.7 Å². The smallest absolute Gasteiger partial charge is 0.291 e. The monoisotopic (exact) mass is 348 g/mol. The van der Waals surface area contributed by atoms with Crippen LogP contribution in [-0.2, 0) is 4.79 Å². The molecule has 3 N–H and O–H groups in total. The zero-order valence-electron chi connectivity index (χ0n) is 13.5. The van der Waals surface area contributed by atoms with Gasteiger partial charge in [0.15, 0.2) is 11.6 Å². The van der Waals surface area contributed by atoms with E-state index in [0.717, 1.165) is 6.20 Å². The number of aromatic amines is 1. The van der Waals surface area contributed by atoms with E-state index in [0.29, 0.717) is 25.9 Å². The Kier molecular flexibility index (Phi) is 4.59. The van der Waals surface area contributed by atoms with E-state index in [1.54, 1.807) is 4.90 Å². The van der Waals surface area contributed by atoms with Crippen molar-refractivity contribution in [3.05, 3.63) is 23.9 Å². The van der Waals surface area contributed by atoms with E-state index >= 15 is 0 Å². The van der Waals surface area contributed by atoms with Crippen molar-refractivity contribution >= 4 is 11.8 Å². The van der Waals surface area contributed by atoms with Gasteiger partial charge in [0, 0.05) is 25.1 Å². The van der Waals surface area contributed by atoms with Gasteiger partial charge in [-0.25, -0.2) is 14.4 Å². The molecule has 1 fully saturated rings. The van der Waals surface area contributed by atoms with Gasteiger partial charge in [0.2, 0.25) is 17.6 Å². The van der Waals surface area contributed by atoms with Gasteiger partial charge in [-0.2, -0.15) is 5.10 Å². The van der Waals surface area contributed by atoms with Crippen LogP contribution >= 0.6 is 0 Å². The van der Waals surface area contributed by atoms with Crippen LogP contribution in [0.2, 0.25) is 0 Å². The molecule has 9 nitrogen and oxygen atoms in total. The summed E-state index contributed by atoms with van der Waals surface area (Å²) in [5.74, 6) is -1.30. The SMILES string of the molecule is COc1cc(-c2n[nH]c(C(=O)N3CCC(C(N)=O)CC3)n2)c(F)cn1. The van der Waals surface area contributed by atoms with Crippen molar-refractivity contribution in [3.8, 4) is 17.3 Å². The average molecular weight is 348 g/mol. The largest absolute Gasteiger partial charge is 0.481 e. The maximum atomic E-state index is 13.9. The summed E-state index contributed by atoms with van der Waals surface area (Å²) in [5, 5.41) is 6.43. The lowest BCUT2D eigenvalue weighted by Crippen LogP contribution is -2.42. The first-order valence-corrected chi connectivity index (χ1v) is 7.70. The summed E-state index contributed by atoms with van der Waals surface area (Å²) in [6, 6.07) is 1.35. The van der Waals surface area contributed by atoms with E-state index in [-0.39, 0.29) is 40.8 Å². The maximum Gasteiger partial charge on any atom is 0.291 e. The van der Waals surface area contributed by atoms with Gasteiger partial charge in [-0.05, 0) is 12.8 Å². The fourth-order valence-corrected chi connectivity index (χ4v) is 2.70. The molecular weight excluding hydrogens is 331 g/mol. The average Bonchev–Trinajstić information content (AvgIpc) is 3.11. The third-order valence-electron chi connectivity index (χ3n) is 4.15. The lowest BCUT2D eigenvalue weighted by Gasteiger charge is -2.29. The number of likely N-dealkylation sites (tertiary alicyclic amines) is 1. The van der Waals surface area contributed by atoms with Gasteiger partial charge in [0.05, 0.1) is 18.9 Å². The van der Waals surface area contributed by atoms with E-state index in [4.69, 9.17) is 10.5 Å². The summed E-state index contributed by atoms with van der Waals surface area (Å²) >= 11 is 0. The quantitative estimate of drug-likeness (QED) is 0.821. The first kappa shape index (κ1) is 16.8. The van der Waals surface area contributed by atoms with E-state index in [1.807, 2.05) is 0 Å². The number of hydrogen-bond donors (Lipinski definition) is 2. The molecular formula is C15H17FN6O3. The standard InChI is InChI=1S/C15H17FN6O3/c1-25-11-6-9(10(16)7-18-11)13-19-14(21-20-13)15(24)22-4-2-8(3-5-22)12(17)23/h6-8H,2-5H2,1H3,(H2,17,23)(H,19,20,21). The van der Waals surface area contributed by atoms with Crippen LogP contribution in [0, 0.1) is 11.7 Å². The van der Waals surface area contributed by atoms with Crippen LogP contribution in [0.4, 0.5) is 4.39 Å². The number of nitrogens with zero attached hydrogens (tertiary/aromatic N) is 4. The summed E-state index contributed by atoms with van der Waals surface area (Å²) in [4.78, 5) is 33.0. The Morgan fingerprint density at radius 3 is 2.76 bits per heavy atom. The van der Waals surface area contributed by atoms with Gasteiger partial charge in [0.1, 0.15) is 0 Å². The van der Waals surface area contributed by atoms with Gasteiger partial charge < -0.3 is 15.4 Å². The van der Waals surface area contributed by atoms with E-state index in [1.165, 1.54) is 13.2 Å². The Hall–Kier alpha value is -3.04. The van der Waals surface area contributed by atoms with Crippen molar-refractivity contribution in [2.75, 3.05) is 20.2 Å².